The number of fused-ring (bicyclic) bond motifs is 2. The SMILES string of the molecule is O=C(COC(=O)c1c2c(nc3ccccc13)CCCCC2)Nc1ncc(Cl)cc1Cl. The van der Waals surface area contributed by atoms with Crippen LogP contribution in [0.25, 0.3) is 10.9 Å². The number of hydrogen-bond acceptors (Lipinski definition) is 5. The van der Waals surface area contributed by atoms with Crippen LogP contribution >= 0.6 is 23.2 Å². The summed E-state index contributed by atoms with van der Waals surface area (Å²) in [5.41, 5.74) is 3.14. The summed E-state index contributed by atoms with van der Waals surface area (Å²) < 4.78 is 5.37. The lowest BCUT2D eigenvalue weighted by atomic mass is 9.97. The lowest BCUT2D eigenvalue weighted by Gasteiger charge is -2.15. The van der Waals surface area contributed by atoms with Gasteiger partial charge in [-0.3, -0.25) is 9.78 Å². The first kappa shape index (κ1) is 20.6. The van der Waals surface area contributed by atoms with Gasteiger partial charge in [-0.1, -0.05) is 47.8 Å². The number of esters is 1. The van der Waals surface area contributed by atoms with Gasteiger partial charge in [0.05, 0.1) is 21.1 Å². The van der Waals surface area contributed by atoms with Crippen molar-refractivity contribution in [1.29, 1.82) is 0 Å². The van der Waals surface area contributed by atoms with Crippen LogP contribution in [0.2, 0.25) is 10.0 Å². The summed E-state index contributed by atoms with van der Waals surface area (Å²) >= 11 is 11.8. The van der Waals surface area contributed by atoms with Crippen molar-refractivity contribution in [2.75, 3.05) is 11.9 Å². The zero-order valence-corrected chi connectivity index (χ0v) is 17.6. The van der Waals surface area contributed by atoms with Gasteiger partial charge in [0, 0.05) is 17.3 Å². The molecule has 0 atom stereocenters. The van der Waals surface area contributed by atoms with E-state index in [9.17, 15) is 9.59 Å². The van der Waals surface area contributed by atoms with Gasteiger partial charge in [0.15, 0.2) is 12.4 Å². The van der Waals surface area contributed by atoms with Gasteiger partial charge >= 0.3 is 5.97 Å². The van der Waals surface area contributed by atoms with Crippen molar-refractivity contribution in [3.05, 3.63) is 63.4 Å². The predicted octanol–water partition coefficient (Wildman–Crippen LogP) is 5.00. The van der Waals surface area contributed by atoms with Crippen LogP contribution in [-0.2, 0) is 22.4 Å². The summed E-state index contributed by atoms with van der Waals surface area (Å²) in [6, 6.07) is 8.98. The topological polar surface area (TPSA) is 81.2 Å². The molecule has 6 nitrogen and oxygen atoms in total. The molecule has 0 saturated carbocycles. The fourth-order valence-corrected chi connectivity index (χ4v) is 4.09. The van der Waals surface area contributed by atoms with Crippen LogP contribution in [0.1, 0.15) is 40.9 Å². The Morgan fingerprint density at radius 2 is 1.90 bits per heavy atom. The van der Waals surface area contributed by atoms with Crippen molar-refractivity contribution in [1.82, 2.24) is 9.97 Å². The molecule has 1 aliphatic carbocycles. The van der Waals surface area contributed by atoms with E-state index in [-0.39, 0.29) is 10.8 Å². The fraction of sp³-hybridized carbons (Fsp3) is 0.273. The summed E-state index contributed by atoms with van der Waals surface area (Å²) in [6.07, 6.45) is 6.11. The fourth-order valence-electron chi connectivity index (χ4n) is 3.66. The van der Waals surface area contributed by atoms with E-state index < -0.39 is 18.5 Å². The number of halogens is 2. The highest BCUT2D eigenvalue weighted by atomic mass is 35.5. The Morgan fingerprint density at radius 3 is 2.73 bits per heavy atom. The van der Waals surface area contributed by atoms with Crippen molar-refractivity contribution in [3.8, 4) is 0 Å². The number of aromatic nitrogens is 2. The summed E-state index contributed by atoms with van der Waals surface area (Å²) in [7, 11) is 0. The Bertz CT molecular complexity index is 1130. The van der Waals surface area contributed by atoms with Crippen LogP contribution < -0.4 is 5.32 Å². The molecule has 1 amide bonds. The Kier molecular flexibility index (Phi) is 6.16. The maximum Gasteiger partial charge on any atom is 0.339 e. The molecule has 0 fully saturated rings. The van der Waals surface area contributed by atoms with E-state index in [2.05, 4.69) is 10.3 Å². The standard InChI is InChI=1S/C22H19Cl2N3O3/c23-13-10-16(24)21(25-11-13)27-19(28)12-30-22(29)20-14-6-2-1-3-8-17(14)26-18-9-5-4-7-15(18)20/h4-5,7,9-11H,1-3,6,8,12H2,(H,25,27,28). The highest BCUT2D eigenvalue weighted by molar-refractivity contribution is 6.36. The van der Waals surface area contributed by atoms with Crippen molar-refractivity contribution in [2.45, 2.75) is 32.1 Å². The van der Waals surface area contributed by atoms with Crippen LogP contribution in [0.15, 0.2) is 36.5 Å². The van der Waals surface area contributed by atoms with Gasteiger partial charge < -0.3 is 10.1 Å². The largest absolute Gasteiger partial charge is 0.452 e. The van der Waals surface area contributed by atoms with E-state index >= 15 is 0 Å². The van der Waals surface area contributed by atoms with Crippen LogP contribution in [0.5, 0.6) is 0 Å². The zero-order chi connectivity index (χ0) is 21.1. The van der Waals surface area contributed by atoms with Gasteiger partial charge in [0.1, 0.15) is 0 Å². The summed E-state index contributed by atoms with van der Waals surface area (Å²) in [5, 5.41) is 3.82. The molecule has 154 valence electrons. The molecule has 1 N–H and O–H groups in total. The second-order valence-corrected chi connectivity index (χ2v) is 7.94. The highest BCUT2D eigenvalue weighted by Gasteiger charge is 2.23. The molecule has 0 unspecified atom stereocenters. The molecular weight excluding hydrogens is 425 g/mol. The molecular formula is C22H19Cl2N3O3. The van der Waals surface area contributed by atoms with E-state index in [1.807, 2.05) is 24.3 Å². The number of carbonyl (C=O) groups excluding carboxylic acids is 2. The molecule has 3 aromatic rings. The van der Waals surface area contributed by atoms with E-state index in [1.54, 1.807) is 0 Å². The average molecular weight is 444 g/mol. The minimum absolute atomic E-state index is 0.158. The van der Waals surface area contributed by atoms with Crippen LogP contribution in [0.4, 0.5) is 5.82 Å². The Balaban J connectivity index is 1.56. The lowest BCUT2D eigenvalue weighted by Crippen LogP contribution is -2.22. The monoisotopic (exact) mass is 443 g/mol. The molecule has 0 radical (unpaired) electrons. The maximum atomic E-state index is 13.0. The molecule has 0 saturated heterocycles. The summed E-state index contributed by atoms with van der Waals surface area (Å²) in [5.74, 6) is -0.910. The van der Waals surface area contributed by atoms with E-state index in [0.29, 0.717) is 10.6 Å². The van der Waals surface area contributed by atoms with Crippen molar-refractivity contribution < 1.29 is 14.3 Å². The predicted molar refractivity (Wildman–Crippen MR) is 116 cm³/mol. The Hall–Kier alpha value is -2.70. The number of ether oxygens (including phenoxy) is 1. The van der Waals surface area contributed by atoms with E-state index in [0.717, 1.165) is 54.3 Å². The quantitative estimate of drug-likeness (QED) is 0.453. The minimum atomic E-state index is -0.537. The molecule has 4 rings (SSSR count). The molecule has 0 spiro atoms. The molecule has 1 aromatic carbocycles. The van der Waals surface area contributed by atoms with Gasteiger partial charge in [-0.25, -0.2) is 9.78 Å². The van der Waals surface area contributed by atoms with E-state index in [1.165, 1.54) is 12.3 Å². The lowest BCUT2D eigenvalue weighted by molar-refractivity contribution is -0.119. The van der Waals surface area contributed by atoms with Crippen LogP contribution in [0.3, 0.4) is 0 Å². The van der Waals surface area contributed by atoms with Crippen molar-refractivity contribution in [2.24, 2.45) is 0 Å². The molecule has 0 aliphatic heterocycles. The number of nitrogens with one attached hydrogen (secondary N) is 1. The first-order valence-corrected chi connectivity index (χ1v) is 10.5. The Morgan fingerprint density at radius 1 is 1.10 bits per heavy atom. The Labute approximate surface area is 183 Å². The van der Waals surface area contributed by atoms with Gasteiger partial charge in [0.25, 0.3) is 5.91 Å². The van der Waals surface area contributed by atoms with Gasteiger partial charge in [-0.05, 0) is 43.4 Å². The van der Waals surface area contributed by atoms with Crippen molar-refractivity contribution >= 4 is 51.8 Å². The summed E-state index contributed by atoms with van der Waals surface area (Å²) in [6.45, 7) is -0.453. The first-order valence-electron chi connectivity index (χ1n) is 9.71. The molecule has 2 heterocycles. The second-order valence-electron chi connectivity index (χ2n) is 7.10. The highest BCUT2D eigenvalue weighted by Crippen LogP contribution is 2.29. The molecule has 2 aromatic heterocycles. The smallest absolute Gasteiger partial charge is 0.339 e. The normalized spacial score (nSPS) is 13.4. The number of nitrogens with zero attached hydrogens (tertiary/aromatic N) is 2. The van der Waals surface area contributed by atoms with Crippen LogP contribution in [-0.4, -0.2) is 28.5 Å². The maximum absolute atomic E-state index is 13.0. The third kappa shape index (κ3) is 4.40. The second kappa shape index (κ2) is 8.98. The molecule has 8 heteroatoms. The number of anilines is 1. The number of rotatable bonds is 4. The number of aryl methyl sites for hydroxylation is 1. The van der Waals surface area contributed by atoms with Gasteiger partial charge in [0.2, 0.25) is 0 Å². The minimum Gasteiger partial charge on any atom is -0.452 e. The third-order valence-electron chi connectivity index (χ3n) is 5.02. The average Bonchev–Trinajstić information content (AvgIpc) is 2.97. The van der Waals surface area contributed by atoms with Crippen LogP contribution in [0, 0.1) is 0 Å². The number of carbonyl (C=O) groups is 2. The molecule has 1 aliphatic rings. The number of hydrogen-bond donors (Lipinski definition) is 1. The number of amides is 1. The van der Waals surface area contributed by atoms with Gasteiger partial charge in [-0.2, -0.15) is 0 Å². The molecule has 0 bridgehead atoms. The van der Waals surface area contributed by atoms with Crippen molar-refractivity contribution in [3.63, 3.8) is 0 Å². The molecule has 30 heavy (non-hydrogen) atoms. The first-order chi connectivity index (χ1) is 14.5. The zero-order valence-electron chi connectivity index (χ0n) is 16.1. The summed E-state index contributed by atoms with van der Waals surface area (Å²) in [4.78, 5) is 34.0. The number of benzene rings is 1. The number of pyridine rings is 2. The third-order valence-corrected chi connectivity index (χ3v) is 5.52. The van der Waals surface area contributed by atoms with Gasteiger partial charge in [-0.15, -0.1) is 0 Å². The van der Waals surface area contributed by atoms with E-state index in [4.69, 9.17) is 32.9 Å². The number of para-hydroxylation sites is 1.